The van der Waals surface area contributed by atoms with Crippen LogP contribution in [0.25, 0.3) is 0 Å². The number of ether oxygens (including phenoxy) is 1. The second-order valence-corrected chi connectivity index (χ2v) is 10.3. The molecule has 0 saturated carbocycles. The van der Waals surface area contributed by atoms with Crippen LogP contribution in [-0.2, 0) is 0 Å². The lowest BCUT2D eigenvalue weighted by atomic mass is 10.2. The molecule has 0 aliphatic carbocycles. The highest BCUT2D eigenvalue weighted by Gasteiger charge is 2.07. The first-order valence-electron chi connectivity index (χ1n) is 6.82. The van der Waals surface area contributed by atoms with E-state index >= 15 is 0 Å². The lowest BCUT2D eigenvalue weighted by molar-refractivity contribution is 0.223. The van der Waals surface area contributed by atoms with Crippen LogP contribution in [0.3, 0.4) is 0 Å². The second kappa shape index (κ2) is 8.48. The first-order valence-corrected chi connectivity index (χ1v) is 10.3. The van der Waals surface area contributed by atoms with Crippen LogP contribution in [-0.4, -0.2) is 25.9 Å². The molecule has 0 radical (unpaired) electrons. The zero-order valence-corrected chi connectivity index (χ0v) is 13.4. The Labute approximate surface area is 123 Å². The summed E-state index contributed by atoms with van der Waals surface area (Å²) in [5.41, 5.74) is 3.27. The standard InChI is InChI=1S/C17H22O2Si/c1-20(2,3)15-8-7-10-16(18)11-9-14-19-17-12-5-4-6-13-17/h4-6,12-13,16,18H,7,10,14H2,1-3H3/t16-/m1/s1. The number of benzene rings is 1. The van der Waals surface area contributed by atoms with Crippen LogP contribution in [0.15, 0.2) is 30.3 Å². The van der Waals surface area contributed by atoms with Crippen molar-refractivity contribution in [1.82, 2.24) is 0 Å². The number of para-hydroxylation sites is 1. The fourth-order valence-corrected chi connectivity index (χ4v) is 2.06. The van der Waals surface area contributed by atoms with Gasteiger partial charge in [-0.1, -0.05) is 49.7 Å². The van der Waals surface area contributed by atoms with Crippen molar-refractivity contribution in [3.63, 3.8) is 0 Å². The van der Waals surface area contributed by atoms with Crippen molar-refractivity contribution in [1.29, 1.82) is 0 Å². The highest BCUT2D eigenvalue weighted by molar-refractivity contribution is 6.83. The van der Waals surface area contributed by atoms with Gasteiger partial charge in [0, 0.05) is 6.42 Å². The predicted molar refractivity (Wildman–Crippen MR) is 86.1 cm³/mol. The third kappa shape index (κ3) is 8.42. The minimum Gasteiger partial charge on any atom is -0.481 e. The van der Waals surface area contributed by atoms with Crippen LogP contribution in [0, 0.1) is 23.3 Å². The van der Waals surface area contributed by atoms with Gasteiger partial charge in [0.05, 0.1) is 0 Å². The van der Waals surface area contributed by atoms with Crippen LogP contribution < -0.4 is 4.74 Å². The van der Waals surface area contributed by atoms with Gasteiger partial charge < -0.3 is 9.84 Å². The Morgan fingerprint density at radius 1 is 1.15 bits per heavy atom. The first-order chi connectivity index (χ1) is 9.47. The van der Waals surface area contributed by atoms with Gasteiger partial charge in [-0.15, -0.1) is 11.5 Å². The van der Waals surface area contributed by atoms with E-state index in [-0.39, 0.29) is 0 Å². The Kier molecular flexibility index (Phi) is 6.94. The van der Waals surface area contributed by atoms with E-state index < -0.39 is 14.2 Å². The van der Waals surface area contributed by atoms with E-state index in [9.17, 15) is 5.11 Å². The Hall–Kier alpha value is -1.68. The molecule has 1 N–H and O–H groups in total. The average Bonchev–Trinajstić information content (AvgIpc) is 2.40. The number of hydrogen-bond acceptors (Lipinski definition) is 2. The van der Waals surface area contributed by atoms with Gasteiger partial charge in [-0.2, -0.15) is 0 Å². The summed E-state index contributed by atoms with van der Waals surface area (Å²) in [6.45, 7) is 6.91. The molecule has 0 aliphatic heterocycles. The van der Waals surface area contributed by atoms with Gasteiger partial charge in [0.2, 0.25) is 0 Å². The summed E-state index contributed by atoms with van der Waals surface area (Å²) in [5.74, 6) is 9.52. The molecule has 0 heterocycles. The summed E-state index contributed by atoms with van der Waals surface area (Å²) in [6, 6.07) is 9.52. The minimum atomic E-state index is -1.30. The topological polar surface area (TPSA) is 29.5 Å². The molecule has 0 unspecified atom stereocenters. The van der Waals surface area contributed by atoms with Gasteiger partial charge in [-0.05, 0) is 18.6 Å². The van der Waals surface area contributed by atoms with Crippen LogP contribution in [0.2, 0.25) is 19.6 Å². The molecular formula is C17H22O2Si. The van der Waals surface area contributed by atoms with Crippen molar-refractivity contribution in [3.8, 4) is 29.1 Å². The Morgan fingerprint density at radius 2 is 1.85 bits per heavy atom. The molecule has 1 aromatic carbocycles. The summed E-state index contributed by atoms with van der Waals surface area (Å²) in [7, 11) is -1.30. The molecule has 2 nitrogen and oxygen atoms in total. The SMILES string of the molecule is C[Si](C)(C)C#CCC[C@@H](O)C#CCOc1ccccc1. The van der Waals surface area contributed by atoms with Gasteiger partial charge in [0.1, 0.15) is 26.5 Å². The van der Waals surface area contributed by atoms with E-state index in [2.05, 4.69) is 42.9 Å². The lowest BCUT2D eigenvalue weighted by Crippen LogP contribution is -2.16. The maximum absolute atomic E-state index is 9.69. The number of hydrogen-bond donors (Lipinski definition) is 1. The molecule has 3 heteroatoms. The van der Waals surface area contributed by atoms with Gasteiger partial charge in [0.25, 0.3) is 0 Å². The zero-order chi connectivity index (χ0) is 14.8. The first kappa shape index (κ1) is 16.4. The smallest absolute Gasteiger partial charge is 0.149 e. The van der Waals surface area contributed by atoms with E-state index in [1.165, 1.54) is 0 Å². The van der Waals surface area contributed by atoms with Crippen molar-refractivity contribution < 1.29 is 9.84 Å². The Bertz CT molecular complexity index is 509. The molecule has 0 fully saturated rings. The van der Waals surface area contributed by atoms with Crippen molar-refractivity contribution in [3.05, 3.63) is 30.3 Å². The van der Waals surface area contributed by atoms with Gasteiger partial charge in [-0.25, -0.2) is 0 Å². The van der Waals surface area contributed by atoms with Gasteiger partial charge >= 0.3 is 0 Å². The molecule has 0 bridgehead atoms. The molecule has 1 aromatic rings. The molecule has 0 aliphatic rings. The highest BCUT2D eigenvalue weighted by atomic mass is 28.3. The zero-order valence-electron chi connectivity index (χ0n) is 12.4. The summed E-state index contributed by atoms with van der Waals surface area (Å²) in [6.07, 6.45) is 0.667. The predicted octanol–water partition coefficient (Wildman–Crippen LogP) is 3.09. The minimum absolute atomic E-state index is 0.293. The molecular weight excluding hydrogens is 264 g/mol. The van der Waals surface area contributed by atoms with Gasteiger partial charge in [-0.3, -0.25) is 0 Å². The van der Waals surface area contributed by atoms with E-state index in [4.69, 9.17) is 4.74 Å². The summed E-state index contributed by atoms with van der Waals surface area (Å²) < 4.78 is 5.42. The van der Waals surface area contributed by atoms with E-state index in [0.29, 0.717) is 19.4 Å². The fourth-order valence-electron chi connectivity index (χ4n) is 1.40. The van der Waals surface area contributed by atoms with Crippen molar-refractivity contribution in [2.45, 2.75) is 38.6 Å². The maximum atomic E-state index is 9.69. The normalized spacial score (nSPS) is 11.6. The largest absolute Gasteiger partial charge is 0.481 e. The van der Waals surface area contributed by atoms with Crippen LogP contribution >= 0.6 is 0 Å². The molecule has 0 amide bonds. The third-order valence-electron chi connectivity index (χ3n) is 2.33. The Morgan fingerprint density at radius 3 is 2.50 bits per heavy atom. The fraction of sp³-hybridized carbons (Fsp3) is 0.412. The monoisotopic (exact) mass is 286 g/mol. The summed E-state index contributed by atoms with van der Waals surface area (Å²) >= 11 is 0. The molecule has 0 aromatic heterocycles. The molecule has 1 rings (SSSR count). The average molecular weight is 286 g/mol. The number of rotatable bonds is 4. The third-order valence-corrected chi connectivity index (χ3v) is 3.26. The highest BCUT2D eigenvalue weighted by Crippen LogP contribution is 2.07. The van der Waals surface area contributed by atoms with Crippen molar-refractivity contribution in [2.24, 2.45) is 0 Å². The molecule has 0 spiro atoms. The molecule has 1 atom stereocenters. The van der Waals surface area contributed by atoms with Crippen molar-refractivity contribution in [2.75, 3.05) is 6.61 Å². The summed E-state index contributed by atoms with van der Waals surface area (Å²) in [4.78, 5) is 0. The van der Waals surface area contributed by atoms with Crippen molar-refractivity contribution >= 4 is 8.07 Å². The van der Waals surface area contributed by atoms with Crippen LogP contribution in [0.4, 0.5) is 0 Å². The molecule has 20 heavy (non-hydrogen) atoms. The lowest BCUT2D eigenvalue weighted by Gasteiger charge is -2.04. The van der Waals surface area contributed by atoms with Gasteiger partial charge in [0.15, 0.2) is 0 Å². The molecule has 106 valence electrons. The van der Waals surface area contributed by atoms with Crippen LogP contribution in [0.1, 0.15) is 12.8 Å². The van der Waals surface area contributed by atoms with E-state index in [1.54, 1.807) is 0 Å². The second-order valence-electron chi connectivity index (χ2n) is 5.53. The number of aliphatic hydroxyl groups excluding tert-OH is 1. The quantitative estimate of drug-likeness (QED) is 0.681. The number of aliphatic hydroxyl groups is 1. The van der Waals surface area contributed by atoms with E-state index in [0.717, 1.165) is 5.75 Å². The Balaban J connectivity index is 2.24. The van der Waals surface area contributed by atoms with E-state index in [1.807, 2.05) is 30.3 Å². The van der Waals surface area contributed by atoms with Crippen LogP contribution in [0.5, 0.6) is 5.75 Å². The molecule has 0 saturated heterocycles. The summed E-state index contributed by atoms with van der Waals surface area (Å²) in [5, 5.41) is 9.69. The maximum Gasteiger partial charge on any atom is 0.149 e.